The van der Waals surface area contributed by atoms with Crippen LogP contribution < -0.4 is 0 Å². The van der Waals surface area contributed by atoms with Crippen molar-refractivity contribution in [3.63, 3.8) is 0 Å². The predicted molar refractivity (Wildman–Crippen MR) is 64.1 cm³/mol. The number of nitrogens with zero attached hydrogens (tertiary/aromatic N) is 2. The summed E-state index contributed by atoms with van der Waals surface area (Å²) in [6.07, 6.45) is 8.18. The van der Waals surface area contributed by atoms with E-state index in [1.807, 2.05) is 22.6 Å². The summed E-state index contributed by atoms with van der Waals surface area (Å²) in [7, 11) is 0. The molecule has 0 saturated heterocycles. The van der Waals surface area contributed by atoms with Crippen LogP contribution in [0.1, 0.15) is 30.7 Å². The molecule has 1 unspecified atom stereocenters. The number of rotatable bonds is 6. The Bertz CT molecular complexity index is 262. The van der Waals surface area contributed by atoms with Gasteiger partial charge in [0.25, 0.3) is 0 Å². The van der Waals surface area contributed by atoms with E-state index in [1.165, 1.54) is 12.2 Å². The fraction of sp³-hybridized carbons (Fsp3) is 0.700. The average Bonchev–Trinajstić information content (AvgIpc) is 2.66. The Balaban J connectivity index is 2.42. The fourth-order valence-electron chi connectivity index (χ4n) is 1.27. The molecule has 0 aliphatic heterocycles. The molecule has 0 spiro atoms. The first kappa shape index (κ1) is 11.9. The largest absolute Gasteiger partial charge is 0.272 e. The van der Waals surface area contributed by atoms with Gasteiger partial charge >= 0.3 is 0 Å². The van der Waals surface area contributed by atoms with Crippen molar-refractivity contribution in [2.45, 2.75) is 31.7 Å². The fourth-order valence-corrected chi connectivity index (χ4v) is 1.80. The Labute approximate surface area is 95.0 Å². The Morgan fingerprint density at radius 3 is 3.07 bits per heavy atom. The molecule has 0 aromatic carbocycles. The summed E-state index contributed by atoms with van der Waals surface area (Å²) in [6.45, 7) is 3.08. The van der Waals surface area contributed by atoms with Crippen LogP contribution in [-0.4, -0.2) is 21.8 Å². The van der Waals surface area contributed by atoms with Gasteiger partial charge in [0.1, 0.15) is 0 Å². The maximum atomic E-state index is 6.11. The Hall–Kier alpha value is -0.150. The highest BCUT2D eigenvalue weighted by Gasteiger charge is 2.07. The second-order valence-electron chi connectivity index (χ2n) is 3.26. The predicted octanol–water partition coefficient (Wildman–Crippen LogP) is 3.33. The molecule has 2 nitrogen and oxygen atoms in total. The van der Waals surface area contributed by atoms with Gasteiger partial charge in [-0.25, -0.2) is 0 Å². The van der Waals surface area contributed by atoms with Gasteiger partial charge in [-0.3, -0.25) is 4.68 Å². The third-order valence-electron chi connectivity index (χ3n) is 2.11. The van der Waals surface area contributed by atoms with Crippen molar-refractivity contribution in [2.75, 3.05) is 12.0 Å². The van der Waals surface area contributed by atoms with Gasteiger partial charge in [-0.2, -0.15) is 16.9 Å². The van der Waals surface area contributed by atoms with Crippen molar-refractivity contribution in [1.82, 2.24) is 9.78 Å². The molecule has 1 atom stereocenters. The SMILES string of the molecule is CCC(Cl)c1cnn(CCCSC)c1. The number of thioether (sulfide) groups is 1. The van der Waals surface area contributed by atoms with Gasteiger partial charge in [0.15, 0.2) is 0 Å². The summed E-state index contributed by atoms with van der Waals surface area (Å²) in [6, 6.07) is 0. The van der Waals surface area contributed by atoms with E-state index in [0.717, 1.165) is 18.5 Å². The summed E-state index contributed by atoms with van der Waals surface area (Å²) in [5.41, 5.74) is 1.14. The minimum atomic E-state index is 0.115. The van der Waals surface area contributed by atoms with E-state index < -0.39 is 0 Å². The molecular weight excluding hydrogens is 216 g/mol. The maximum absolute atomic E-state index is 6.11. The molecule has 0 aliphatic rings. The third-order valence-corrected chi connectivity index (χ3v) is 3.37. The molecule has 14 heavy (non-hydrogen) atoms. The molecule has 0 saturated carbocycles. The van der Waals surface area contributed by atoms with Gasteiger partial charge < -0.3 is 0 Å². The van der Waals surface area contributed by atoms with E-state index in [2.05, 4.69) is 24.5 Å². The van der Waals surface area contributed by atoms with Gasteiger partial charge in [0.2, 0.25) is 0 Å². The van der Waals surface area contributed by atoms with Crippen LogP contribution in [0.5, 0.6) is 0 Å². The van der Waals surface area contributed by atoms with Crippen LogP contribution in [0.25, 0.3) is 0 Å². The monoisotopic (exact) mass is 232 g/mol. The number of hydrogen-bond acceptors (Lipinski definition) is 2. The highest BCUT2D eigenvalue weighted by Crippen LogP contribution is 2.22. The number of alkyl halides is 1. The summed E-state index contributed by atoms with van der Waals surface area (Å²) in [4.78, 5) is 0. The van der Waals surface area contributed by atoms with Crippen LogP contribution >= 0.6 is 23.4 Å². The molecular formula is C10H17ClN2S. The van der Waals surface area contributed by atoms with Crippen molar-refractivity contribution < 1.29 is 0 Å². The van der Waals surface area contributed by atoms with E-state index in [1.54, 1.807) is 0 Å². The van der Waals surface area contributed by atoms with E-state index in [-0.39, 0.29) is 5.38 Å². The standard InChI is InChI=1S/C10H17ClN2S/c1-3-10(11)9-7-12-13(8-9)5-4-6-14-2/h7-8,10H,3-6H2,1-2H3. The number of halogens is 1. The minimum absolute atomic E-state index is 0.115. The summed E-state index contributed by atoms with van der Waals surface area (Å²) < 4.78 is 1.98. The molecule has 1 heterocycles. The van der Waals surface area contributed by atoms with Crippen LogP contribution in [-0.2, 0) is 6.54 Å². The van der Waals surface area contributed by atoms with Crippen molar-refractivity contribution in [3.8, 4) is 0 Å². The lowest BCUT2D eigenvalue weighted by atomic mass is 10.2. The first-order valence-electron chi connectivity index (χ1n) is 4.93. The molecule has 4 heteroatoms. The van der Waals surface area contributed by atoms with Gasteiger partial charge in [-0.15, -0.1) is 11.6 Å². The zero-order valence-electron chi connectivity index (χ0n) is 8.74. The van der Waals surface area contributed by atoms with Crippen LogP contribution in [0.4, 0.5) is 0 Å². The Morgan fingerprint density at radius 1 is 1.64 bits per heavy atom. The number of aromatic nitrogens is 2. The first-order valence-corrected chi connectivity index (χ1v) is 6.76. The van der Waals surface area contributed by atoms with Crippen molar-refractivity contribution in [3.05, 3.63) is 18.0 Å². The van der Waals surface area contributed by atoms with Crippen LogP contribution in [0, 0.1) is 0 Å². The third kappa shape index (κ3) is 3.54. The second-order valence-corrected chi connectivity index (χ2v) is 4.77. The topological polar surface area (TPSA) is 17.8 Å². The zero-order chi connectivity index (χ0) is 10.4. The molecule has 0 fully saturated rings. The molecule has 0 bridgehead atoms. The number of aryl methyl sites for hydroxylation is 1. The van der Waals surface area contributed by atoms with Crippen LogP contribution in [0.3, 0.4) is 0 Å². The highest BCUT2D eigenvalue weighted by molar-refractivity contribution is 7.98. The van der Waals surface area contributed by atoms with E-state index >= 15 is 0 Å². The number of hydrogen-bond donors (Lipinski definition) is 0. The molecule has 0 radical (unpaired) electrons. The van der Waals surface area contributed by atoms with Gasteiger partial charge in [-0.05, 0) is 24.9 Å². The zero-order valence-corrected chi connectivity index (χ0v) is 10.3. The summed E-state index contributed by atoms with van der Waals surface area (Å²) >= 11 is 7.98. The van der Waals surface area contributed by atoms with E-state index in [4.69, 9.17) is 11.6 Å². The van der Waals surface area contributed by atoms with Crippen LogP contribution in [0.15, 0.2) is 12.4 Å². The minimum Gasteiger partial charge on any atom is -0.272 e. The van der Waals surface area contributed by atoms with Gasteiger partial charge in [-0.1, -0.05) is 6.92 Å². The lowest BCUT2D eigenvalue weighted by Crippen LogP contribution is -1.99. The average molecular weight is 233 g/mol. The molecule has 1 rings (SSSR count). The molecule has 1 aromatic rings. The Morgan fingerprint density at radius 2 is 2.43 bits per heavy atom. The maximum Gasteiger partial charge on any atom is 0.0613 e. The van der Waals surface area contributed by atoms with Crippen LogP contribution in [0.2, 0.25) is 0 Å². The molecule has 0 N–H and O–H groups in total. The van der Waals surface area contributed by atoms with E-state index in [9.17, 15) is 0 Å². The second kappa shape index (κ2) is 6.36. The Kier molecular flexibility index (Phi) is 5.41. The summed E-state index contributed by atoms with van der Waals surface area (Å²) in [5.74, 6) is 1.19. The molecule has 0 aliphatic carbocycles. The quantitative estimate of drug-likeness (QED) is 0.553. The van der Waals surface area contributed by atoms with E-state index in [0.29, 0.717) is 0 Å². The molecule has 0 amide bonds. The lowest BCUT2D eigenvalue weighted by molar-refractivity contribution is 0.605. The normalized spacial score (nSPS) is 13.1. The molecule has 1 aromatic heterocycles. The smallest absolute Gasteiger partial charge is 0.0613 e. The van der Waals surface area contributed by atoms with Crippen molar-refractivity contribution in [2.24, 2.45) is 0 Å². The van der Waals surface area contributed by atoms with Crippen molar-refractivity contribution >= 4 is 23.4 Å². The lowest BCUT2D eigenvalue weighted by Gasteiger charge is -2.01. The van der Waals surface area contributed by atoms with Gasteiger partial charge in [0.05, 0.1) is 11.6 Å². The highest BCUT2D eigenvalue weighted by atomic mass is 35.5. The first-order chi connectivity index (χ1) is 6.77. The van der Waals surface area contributed by atoms with Gasteiger partial charge in [0, 0.05) is 18.3 Å². The summed E-state index contributed by atoms with van der Waals surface area (Å²) in [5, 5.41) is 4.40. The molecule has 80 valence electrons. The van der Waals surface area contributed by atoms with Crippen molar-refractivity contribution in [1.29, 1.82) is 0 Å².